The van der Waals surface area contributed by atoms with Crippen LogP contribution in [0.3, 0.4) is 0 Å². The first-order chi connectivity index (χ1) is 15.9. The maximum Gasteiger partial charge on any atom is 0.261 e. The molecule has 1 aliphatic rings. The first-order valence-corrected chi connectivity index (χ1v) is 12.4. The summed E-state index contributed by atoms with van der Waals surface area (Å²) in [5.41, 5.74) is 3.15. The van der Waals surface area contributed by atoms with E-state index in [9.17, 15) is 4.79 Å². The molecule has 1 aliphatic heterocycles. The molecular formula is C25H29N5O2S. The molecule has 0 spiro atoms. The molecule has 0 N–H and O–H groups in total. The lowest BCUT2D eigenvalue weighted by Gasteiger charge is -2.24. The molecule has 0 aliphatic carbocycles. The molecule has 1 amide bonds. The lowest BCUT2D eigenvalue weighted by molar-refractivity contribution is 0.0918. The highest BCUT2D eigenvalue weighted by Crippen LogP contribution is 2.32. The Balaban J connectivity index is 1.64. The van der Waals surface area contributed by atoms with E-state index < -0.39 is 0 Å². The molecule has 1 saturated heterocycles. The predicted molar refractivity (Wildman–Crippen MR) is 132 cm³/mol. The van der Waals surface area contributed by atoms with Crippen molar-refractivity contribution in [2.45, 2.75) is 58.6 Å². The number of aromatic nitrogens is 4. The zero-order chi connectivity index (χ0) is 23.1. The molecule has 172 valence electrons. The molecule has 0 bridgehead atoms. The third-order valence-electron chi connectivity index (χ3n) is 6.07. The first-order valence-electron chi connectivity index (χ1n) is 11.6. The number of hydrogen-bond acceptors (Lipinski definition) is 6. The van der Waals surface area contributed by atoms with Crippen LogP contribution in [0, 0.1) is 0 Å². The molecule has 3 aromatic heterocycles. The summed E-state index contributed by atoms with van der Waals surface area (Å²) < 4.78 is 8.86. The molecule has 0 saturated carbocycles. The smallest absolute Gasteiger partial charge is 0.261 e. The number of carbonyl (C=O) groups excluding carboxylic acids is 1. The van der Waals surface area contributed by atoms with Crippen LogP contribution in [0.15, 0.2) is 36.5 Å². The highest BCUT2D eigenvalue weighted by atomic mass is 32.1. The fourth-order valence-electron chi connectivity index (χ4n) is 4.25. The number of amides is 1. The molecule has 4 heterocycles. The summed E-state index contributed by atoms with van der Waals surface area (Å²) in [6.07, 6.45) is 3.75. The number of nitrogens with zero attached hydrogens (tertiary/aromatic N) is 5. The first kappa shape index (κ1) is 22.0. The van der Waals surface area contributed by atoms with Crippen LogP contribution in [0.2, 0.25) is 0 Å². The number of fused-ring (bicyclic) bond motifs is 2. The van der Waals surface area contributed by atoms with Crippen LogP contribution in [0.4, 0.5) is 5.13 Å². The van der Waals surface area contributed by atoms with Crippen molar-refractivity contribution in [1.82, 2.24) is 19.7 Å². The number of anilines is 1. The van der Waals surface area contributed by atoms with Crippen LogP contribution in [0.25, 0.3) is 21.3 Å². The van der Waals surface area contributed by atoms with Gasteiger partial charge in [0.05, 0.1) is 40.0 Å². The van der Waals surface area contributed by atoms with Crippen molar-refractivity contribution in [2.24, 2.45) is 0 Å². The molecule has 33 heavy (non-hydrogen) atoms. The van der Waals surface area contributed by atoms with Crippen molar-refractivity contribution >= 4 is 43.6 Å². The van der Waals surface area contributed by atoms with Gasteiger partial charge in [0.15, 0.2) is 10.8 Å². The van der Waals surface area contributed by atoms with E-state index in [1.165, 1.54) is 11.3 Å². The minimum absolute atomic E-state index is 0.0150. The molecule has 1 fully saturated rings. The van der Waals surface area contributed by atoms with E-state index in [0.29, 0.717) is 17.2 Å². The van der Waals surface area contributed by atoms with Crippen LogP contribution >= 0.6 is 11.3 Å². The Morgan fingerprint density at radius 2 is 2.06 bits per heavy atom. The maximum absolute atomic E-state index is 14.2. The fourth-order valence-corrected chi connectivity index (χ4v) is 5.22. The van der Waals surface area contributed by atoms with Gasteiger partial charge in [0, 0.05) is 18.3 Å². The van der Waals surface area contributed by atoms with Crippen molar-refractivity contribution in [1.29, 1.82) is 0 Å². The Morgan fingerprint density at radius 1 is 1.24 bits per heavy atom. The fraction of sp³-hybridized carbons (Fsp3) is 0.440. The Hall–Kier alpha value is -2.84. The number of rotatable bonds is 6. The van der Waals surface area contributed by atoms with Gasteiger partial charge in [-0.05, 0) is 50.8 Å². The summed E-state index contributed by atoms with van der Waals surface area (Å²) in [4.78, 5) is 25.6. The van der Waals surface area contributed by atoms with E-state index in [-0.39, 0.29) is 24.0 Å². The van der Waals surface area contributed by atoms with Gasteiger partial charge in [-0.3, -0.25) is 9.69 Å². The summed E-state index contributed by atoms with van der Waals surface area (Å²) in [5.74, 6) is 0.104. The standard InChI is InChI=1S/C25H29N5O2S/c1-15(2)21-12-18(19-13-26-30(16(3)4)23(19)27-21)24(31)29(14-17-8-7-11-32-17)25-28-20-9-5-6-10-22(20)33-25/h5-6,9-10,12-13,15-17H,7-8,11,14H2,1-4H3/t17-/m1/s1. The number of carbonyl (C=O) groups is 1. The summed E-state index contributed by atoms with van der Waals surface area (Å²) in [5, 5.41) is 6.03. The van der Waals surface area contributed by atoms with Gasteiger partial charge >= 0.3 is 0 Å². The largest absolute Gasteiger partial charge is 0.376 e. The number of ether oxygens (including phenoxy) is 1. The summed E-state index contributed by atoms with van der Waals surface area (Å²) >= 11 is 1.54. The van der Waals surface area contributed by atoms with Crippen LogP contribution < -0.4 is 4.90 Å². The second-order valence-corrected chi connectivity index (χ2v) is 10.2. The third kappa shape index (κ3) is 4.13. The van der Waals surface area contributed by atoms with Crippen molar-refractivity contribution in [3.8, 4) is 0 Å². The SMILES string of the molecule is CC(C)c1cc(C(=O)N(C[C@H]2CCCO2)c2nc3ccccc3s2)c2cnn(C(C)C)c2n1. The molecule has 5 rings (SSSR count). The molecule has 0 unspecified atom stereocenters. The van der Waals surface area contributed by atoms with Gasteiger partial charge < -0.3 is 4.74 Å². The van der Waals surface area contributed by atoms with E-state index in [1.807, 2.05) is 35.0 Å². The molecule has 1 atom stereocenters. The van der Waals surface area contributed by atoms with Crippen molar-refractivity contribution in [2.75, 3.05) is 18.1 Å². The second-order valence-electron chi connectivity index (χ2n) is 9.18. The van der Waals surface area contributed by atoms with Crippen molar-refractivity contribution in [3.05, 3.63) is 47.8 Å². The van der Waals surface area contributed by atoms with Gasteiger partial charge in [0.2, 0.25) is 0 Å². The molecule has 1 aromatic carbocycles. The van der Waals surface area contributed by atoms with Crippen LogP contribution in [-0.2, 0) is 4.74 Å². The van der Waals surface area contributed by atoms with E-state index in [0.717, 1.165) is 46.4 Å². The summed E-state index contributed by atoms with van der Waals surface area (Å²) in [6.45, 7) is 9.56. The number of hydrogen-bond donors (Lipinski definition) is 0. The van der Waals surface area contributed by atoms with Gasteiger partial charge in [-0.2, -0.15) is 5.10 Å². The predicted octanol–water partition coefficient (Wildman–Crippen LogP) is 5.57. The van der Waals surface area contributed by atoms with E-state index in [4.69, 9.17) is 14.7 Å². The minimum atomic E-state index is -0.0813. The molecule has 4 aromatic rings. The molecule has 7 nitrogen and oxygen atoms in total. The third-order valence-corrected chi connectivity index (χ3v) is 7.13. The van der Waals surface area contributed by atoms with Gasteiger partial charge in [-0.25, -0.2) is 14.6 Å². The molecular weight excluding hydrogens is 434 g/mol. The number of para-hydroxylation sites is 1. The van der Waals surface area contributed by atoms with E-state index >= 15 is 0 Å². The summed E-state index contributed by atoms with van der Waals surface area (Å²) in [6, 6.07) is 10.1. The quantitative estimate of drug-likeness (QED) is 0.374. The van der Waals surface area contributed by atoms with Crippen LogP contribution in [-0.4, -0.2) is 44.9 Å². The molecule has 0 radical (unpaired) electrons. The second kappa shape index (κ2) is 8.83. The Labute approximate surface area is 197 Å². The zero-order valence-corrected chi connectivity index (χ0v) is 20.3. The van der Waals surface area contributed by atoms with Crippen molar-refractivity contribution in [3.63, 3.8) is 0 Å². The average Bonchev–Trinajstić information content (AvgIpc) is 3.55. The highest BCUT2D eigenvalue weighted by Gasteiger charge is 2.29. The lowest BCUT2D eigenvalue weighted by Crippen LogP contribution is -2.37. The topological polar surface area (TPSA) is 73.1 Å². The monoisotopic (exact) mass is 463 g/mol. The zero-order valence-electron chi connectivity index (χ0n) is 19.5. The Morgan fingerprint density at radius 3 is 2.76 bits per heavy atom. The Bertz CT molecular complexity index is 1270. The summed E-state index contributed by atoms with van der Waals surface area (Å²) in [7, 11) is 0. The van der Waals surface area contributed by atoms with Crippen molar-refractivity contribution < 1.29 is 9.53 Å². The normalized spacial score (nSPS) is 16.5. The van der Waals surface area contributed by atoms with E-state index in [2.05, 4.69) is 32.8 Å². The van der Waals surface area contributed by atoms with Gasteiger partial charge in [0.25, 0.3) is 5.91 Å². The van der Waals surface area contributed by atoms with Crippen LogP contribution in [0.5, 0.6) is 0 Å². The van der Waals surface area contributed by atoms with Crippen LogP contribution in [0.1, 0.15) is 68.5 Å². The van der Waals surface area contributed by atoms with Gasteiger partial charge in [-0.1, -0.05) is 37.3 Å². The molecule has 8 heteroatoms. The van der Waals surface area contributed by atoms with E-state index in [1.54, 1.807) is 11.1 Å². The van der Waals surface area contributed by atoms with Gasteiger partial charge in [0.1, 0.15) is 0 Å². The number of thiazole rings is 1. The number of pyridine rings is 1. The Kier molecular flexibility index (Phi) is 5.88. The minimum Gasteiger partial charge on any atom is -0.376 e. The highest BCUT2D eigenvalue weighted by molar-refractivity contribution is 7.22. The maximum atomic E-state index is 14.2. The average molecular weight is 464 g/mol. The van der Waals surface area contributed by atoms with Gasteiger partial charge in [-0.15, -0.1) is 0 Å². The number of benzene rings is 1. The lowest BCUT2D eigenvalue weighted by atomic mass is 10.0.